The molecule has 1 N–H and O–H groups in total. The molecule has 1 fully saturated rings. The van der Waals surface area contributed by atoms with Gasteiger partial charge in [-0.25, -0.2) is 0 Å². The summed E-state index contributed by atoms with van der Waals surface area (Å²) < 4.78 is 4.98. The van der Waals surface area contributed by atoms with Gasteiger partial charge < -0.3 is 19.9 Å². The first-order valence-corrected chi connectivity index (χ1v) is 7.25. The average Bonchev–Trinajstić information content (AvgIpc) is 2.52. The molecule has 0 radical (unpaired) electrons. The van der Waals surface area contributed by atoms with E-state index in [1.54, 1.807) is 19.2 Å². The second kappa shape index (κ2) is 7.90. The highest BCUT2D eigenvalue weighted by molar-refractivity contribution is 5.92. The summed E-state index contributed by atoms with van der Waals surface area (Å²) >= 11 is 0. The van der Waals surface area contributed by atoms with E-state index in [0.29, 0.717) is 18.1 Å². The molecular weight excluding hydrogens is 270 g/mol. The first kappa shape index (κ1) is 15.7. The Morgan fingerprint density at radius 3 is 2.67 bits per heavy atom. The summed E-state index contributed by atoms with van der Waals surface area (Å²) in [7, 11) is 3.74. The van der Waals surface area contributed by atoms with Gasteiger partial charge in [0.05, 0.1) is 0 Å². The summed E-state index contributed by atoms with van der Waals surface area (Å²) in [6, 6.07) is 3.52. The van der Waals surface area contributed by atoms with Gasteiger partial charge in [0.25, 0.3) is 5.91 Å². The Morgan fingerprint density at radius 1 is 1.29 bits per heavy atom. The first-order valence-electron chi connectivity index (χ1n) is 7.25. The SMILES string of the molecule is COCCCNc1ccc(C(=O)N2CCN(C)CC2)nn1. The number of hydrogen-bond donors (Lipinski definition) is 1. The minimum absolute atomic E-state index is 0.0402. The minimum atomic E-state index is -0.0402. The third kappa shape index (κ3) is 4.64. The van der Waals surface area contributed by atoms with Gasteiger partial charge in [-0.2, -0.15) is 0 Å². The molecule has 0 aliphatic carbocycles. The number of rotatable bonds is 6. The number of hydrogen-bond acceptors (Lipinski definition) is 6. The van der Waals surface area contributed by atoms with E-state index in [2.05, 4.69) is 27.5 Å². The number of ether oxygens (including phenoxy) is 1. The van der Waals surface area contributed by atoms with Crippen LogP contribution < -0.4 is 5.32 Å². The molecule has 7 heteroatoms. The molecule has 2 rings (SSSR count). The Hall–Kier alpha value is -1.73. The summed E-state index contributed by atoms with van der Waals surface area (Å²) in [4.78, 5) is 16.3. The third-order valence-corrected chi connectivity index (χ3v) is 3.51. The highest BCUT2D eigenvalue weighted by atomic mass is 16.5. The molecule has 0 saturated carbocycles. The van der Waals surface area contributed by atoms with Crippen molar-refractivity contribution in [1.29, 1.82) is 0 Å². The molecule has 7 nitrogen and oxygen atoms in total. The van der Waals surface area contributed by atoms with Crippen LogP contribution in [0.15, 0.2) is 12.1 Å². The van der Waals surface area contributed by atoms with Gasteiger partial charge in [-0.3, -0.25) is 4.79 Å². The summed E-state index contributed by atoms with van der Waals surface area (Å²) in [5.74, 6) is 0.641. The lowest BCUT2D eigenvalue weighted by molar-refractivity contribution is 0.0657. The second-order valence-electron chi connectivity index (χ2n) is 5.17. The van der Waals surface area contributed by atoms with Crippen molar-refractivity contribution in [2.24, 2.45) is 0 Å². The lowest BCUT2D eigenvalue weighted by Gasteiger charge is -2.32. The number of carbonyl (C=O) groups excluding carboxylic acids is 1. The van der Waals surface area contributed by atoms with Crippen molar-refractivity contribution >= 4 is 11.7 Å². The molecule has 1 aromatic heterocycles. The number of piperazine rings is 1. The van der Waals surface area contributed by atoms with Crippen LogP contribution >= 0.6 is 0 Å². The Kier molecular flexibility index (Phi) is 5.89. The van der Waals surface area contributed by atoms with Crippen LogP contribution in [0.5, 0.6) is 0 Å². The van der Waals surface area contributed by atoms with Crippen molar-refractivity contribution in [1.82, 2.24) is 20.0 Å². The number of amides is 1. The Balaban J connectivity index is 1.85. The zero-order valence-corrected chi connectivity index (χ0v) is 12.7. The number of nitrogens with zero attached hydrogens (tertiary/aromatic N) is 4. The van der Waals surface area contributed by atoms with Crippen LogP contribution in [0.4, 0.5) is 5.82 Å². The number of carbonyl (C=O) groups is 1. The fraction of sp³-hybridized carbons (Fsp3) is 0.643. The quantitative estimate of drug-likeness (QED) is 0.761. The summed E-state index contributed by atoms with van der Waals surface area (Å²) in [6.07, 6.45) is 0.903. The first-order chi connectivity index (χ1) is 10.2. The lowest BCUT2D eigenvalue weighted by atomic mass is 10.2. The van der Waals surface area contributed by atoms with Crippen LogP contribution in [-0.2, 0) is 4.74 Å². The van der Waals surface area contributed by atoms with Gasteiger partial charge in [0, 0.05) is 46.4 Å². The van der Waals surface area contributed by atoms with Crippen LogP contribution in [0.25, 0.3) is 0 Å². The molecule has 0 aromatic carbocycles. The zero-order valence-electron chi connectivity index (χ0n) is 12.7. The van der Waals surface area contributed by atoms with Crippen LogP contribution in [0.3, 0.4) is 0 Å². The van der Waals surface area contributed by atoms with Gasteiger partial charge in [-0.1, -0.05) is 0 Å². The van der Waals surface area contributed by atoms with E-state index in [9.17, 15) is 4.79 Å². The number of likely N-dealkylation sites (N-methyl/N-ethyl adjacent to an activating group) is 1. The van der Waals surface area contributed by atoms with Gasteiger partial charge in [-0.05, 0) is 25.6 Å². The van der Waals surface area contributed by atoms with Crippen molar-refractivity contribution in [2.45, 2.75) is 6.42 Å². The maximum Gasteiger partial charge on any atom is 0.274 e. The maximum absolute atomic E-state index is 12.3. The zero-order chi connectivity index (χ0) is 15.1. The largest absolute Gasteiger partial charge is 0.385 e. The smallest absolute Gasteiger partial charge is 0.274 e. The molecule has 21 heavy (non-hydrogen) atoms. The van der Waals surface area contributed by atoms with E-state index < -0.39 is 0 Å². The van der Waals surface area contributed by atoms with Gasteiger partial charge in [0.2, 0.25) is 0 Å². The third-order valence-electron chi connectivity index (χ3n) is 3.51. The fourth-order valence-electron chi connectivity index (χ4n) is 2.15. The predicted octanol–water partition coefficient (Wildman–Crippen LogP) is 0.313. The van der Waals surface area contributed by atoms with E-state index in [1.807, 2.05) is 4.90 Å². The molecule has 0 atom stereocenters. The Labute approximate surface area is 125 Å². The highest BCUT2D eigenvalue weighted by Crippen LogP contribution is 2.07. The second-order valence-corrected chi connectivity index (χ2v) is 5.17. The lowest BCUT2D eigenvalue weighted by Crippen LogP contribution is -2.47. The maximum atomic E-state index is 12.3. The van der Waals surface area contributed by atoms with Crippen molar-refractivity contribution in [3.63, 3.8) is 0 Å². The van der Waals surface area contributed by atoms with Crippen molar-refractivity contribution in [3.8, 4) is 0 Å². The molecule has 1 aliphatic rings. The molecule has 0 spiro atoms. The number of anilines is 1. The van der Waals surface area contributed by atoms with Crippen molar-refractivity contribution < 1.29 is 9.53 Å². The fourth-order valence-corrected chi connectivity index (χ4v) is 2.15. The van der Waals surface area contributed by atoms with Crippen molar-refractivity contribution in [2.75, 3.05) is 58.8 Å². The number of nitrogens with one attached hydrogen (secondary N) is 1. The van der Waals surface area contributed by atoms with Gasteiger partial charge >= 0.3 is 0 Å². The molecule has 116 valence electrons. The molecule has 2 heterocycles. The molecule has 1 aliphatic heterocycles. The Bertz CT molecular complexity index is 443. The van der Waals surface area contributed by atoms with Gasteiger partial charge in [0.1, 0.15) is 5.82 Å². The summed E-state index contributed by atoms with van der Waals surface area (Å²) in [5.41, 5.74) is 0.405. The van der Waals surface area contributed by atoms with Crippen LogP contribution in [-0.4, -0.2) is 79.4 Å². The normalized spacial score (nSPS) is 16.0. The molecule has 0 bridgehead atoms. The highest BCUT2D eigenvalue weighted by Gasteiger charge is 2.21. The van der Waals surface area contributed by atoms with E-state index in [0.717, 1.165) is 39.1 Å². The number of methoxy groups -OCH3 is 1. The van der Waals surface area contributed by atoms with Crippen LogP contribution in [0.1, 0.15) is 16.9 Å². The van der Waals surface area contributed by atoms with Gasteiger partial charge in [0.15, 0.2) is 5.69 Å². The molecule has 1 saturated heterocycles. The van der Waals surface area contributed by atoms with E-state index in [-0.39, 0.29) is 5.91 Å². The minimum Gasteiger partial charge on any atom is -0.385 e. The molecule has 0 unspecified atom stereocenters. The molecule has 1 aromatic rings. The Morgan fingerprint density at radius 2 is 2.05 bits per heavy atom. The van der Waals surface area contributed by atoms with Crippen molar-refractivity contribution in [3.05, 3.63) is 17.8 Å². The van der Waals surface area contributed by atoms with Gasteiger partial charge in [-0.15, -0.1) is 10.2 Å². The summed E-state index contributed by atoms with van der Waals surface area (Å²) in [5, 5.41) is 11.2. The standard InChI is InChI=1S/C14H23N5O2/c1-18-7-9-19(10-8-18)14(20)12-4-5-13(17-16-12)15-6-3-11-21-2/h4-5H,3,6-11H2,1-2H3,(H,15,17). The monoisotopic (exact) mass is 293 g/mol. The number of aromatic nitrogens is 2. The average molecular weight is 293 g/mol. The molecular formula is C14H23N5O2. The topological polar surface area (TPSA) is 70.6 Å². The molecule has 1 amide bonds. The summed E-state index contributed by atoms with van der Waals surface area (Å²) in [6.45, 7) is 4.77. The van der Waals surface area contributed by atoms with E-state index >= 15 is 0 Å². The predicted molar refractivity (Wildman–Crippen MR) is 80.4 cm³/mol. The van der Waals surface area contributed by atoms with E-state index in [4.69, 9.17) is 4.74 Å². The van der Waals surface area contributed by atoms with E-state index in [1.165, 1.54) is 0 Å². The van der Waals surface area contributed by atoms with Crippen LogP contribution in [0, 0.1) is 0 Å². The van der Waals surface area contributed by atoms with Crippen LogP contribution in [0.2, 0.25) is 0 Å².